The monoisotopic (exact) mass is 335 g/mol. The van der Waals surface area contributed by atoms with E-state index in [1.54, 1.807) is 0 Å². The lowest BCUT2D eigenvalue weighted by Crippen LogP contribution is -1.99. The summed E-state index contributed by atoms with van der Waals surface area (Å²) in [6.07, 6.45) is 0. The summed E-state index contributed by atoms with van der Waals surface area (Å²) in [6.45, 7) is 2.19. The van der Waals surface area contributed by atoms with Gasteiger partial charge in [-0.25, -0.2) is 0 Å². The summed E-state index contributed by atoms with van der Waals surface area (Å²) in [5.74, 6) is 0. The molecule has 0 fully saturated rings. The van der Waals surface area contributed by atoms with Gasteiger partial charge in [-0.15, -0.1) is 0 Å². The lowest BCUT2D eigenvalue weighted by molar-refractivity contribution is 1.44. The number of nitrogen functional groups attached to an aromatic ring is 1. The maximum absolute atomic E-state index is 6.60. The van der Waals surface area contributed by atoms with Crippen LogP contribution >= 0.6 is 0 Å². The van der Waals surface area contributed by atoms with Gasteiger partial charge in [0.2, 0.25) is 0 Å². The highest BCUT2D eigenvalue weighted by molar-refractivity contribution is 5.97. The van der Waals surface area contributed by atoms with E-state index in [1.165, 1.54) is 27.8 Å². The van der Waals surface area contributed by atoms with Crippen molar-refractivity contribution in [1.29, 1.82) is 0 Å². The largest absolute Gasteiger partial charge is 0.398 e. The maximum atomic E-state index is 6.60. The third kappa shape index (κ3) is 2.89. The topological polar surface area (TPSA) is 26.0 Å². The summed E-state index contributed by atoms with van der Waals surface area (Å²) < 4.78 is 0. The molecule has 1 heteroatoms. The predicted molar refractivity (Wildman–Crippen MR) is 112 cm³/mol. The molecule has 0 amide bonds. The van der Waals surface area contributed by atoms with Crippen LogP contribution in [0.3, 0.4) is 0 Å². The van der Waals surface area contributed by atoms with Crippen molar-refractivity contribution in [1.82, 2.24) is 0 Å². The lowest BCUT2D eigenvalue weighted by atomic mass is 9.85. The van der Waals surface area contributed by atoms with E-state index in [-0.39, 0.29) is 0 Å². The molecule has 4 rings (SSSR count). The van der Waals surface area contributed by atoms with E-state index in [4.69, 9.17) is 5.73 Å². The van der Waals surface area contributed by atoms with Gasteiger partial charge in [0.05, 0.1) is 0 Å². The van der Waals surface area contributed by atoms with E-state index in [2.05, 4.69) is 85.8 Å². The van der Waals surface area contributed by atoms with Gasteiger partial charge in [-0.3, -0.25) is 0 Å². The Hall–Kier alpha value is -3.32. The molecule has 0 heterocycles. The molecule has 0 atom stereocenters. The number of rotatable bonds is 3. The summed E-state index contributed by atoms with van der Waals surface area (Å²) in [5, 5.41) is 0. The third-order valence-corrected chi connectivity index (χ3v) is 4.83. The summed E-state index contributed by atoms with van der Waals surface area (Å²) in [5.41, 5.74) is 15.7. The lowest BCUT2D eigenvalue weighted by Gasteiger charge is -2.20. The van der Waals surface area contributed by atoms with Gasteiger partial charge in [0.15, 0.2) is 0 Å². The molecule has 0 saturated carbocycles. The molecule has 0 saturated heterocycles. The van der Waals surface area contributed by atoms with E-state index >= 15 is 0 Å². The Morgan fingerprint density at radius 1 is 0.538 bits per heavy atom. The van der Waals surface area contributed by atoms with E-state index in [0.717, 1.165) is 16.8 Å². The molecule has 0 unspecified atom stereocenters. The molecule has 0 aliphatic heterocycles. The Morgan fingerprint density at radius 2 is 0.962 bits per heavy atom. The van der Waals surface area contributed by atoms with Gasteiger partial charge < -0.3 is 5.73 Å². The van der Waals surface area contributed by atoms with Gasteiger partial charge in [-0.2, -0.15) is 0 Å². The van der Waals surface area contributed by atoms with Crippen molar-refractivity contribution < 1.29 is 0 Å². The van der Waals surface area contributed by atoms with Crippen molar-refractivity contribution in [2.75, 3.05) is 5.73 Å². The Morgan fingerprint density at radius 3 is 1.46 bits per heavy atom. The molecule has 4 aromatic rings. The van der Waals surface area contributed by atoms with Gasteiger partial charge in [0.1, 0.15) is 0 Å². The fraction of sp³-hybridized carbons (Fsp3) is 0.0400. The normalized spacial score (nSPS) is 10.7. The van der Waals surface area contributed by atoms with Crippen LogP contribution in [0.15, 0.2) is 97.1 Å². The van der Waals surface area contributed by atoms with E-state index < -0.39 is 0 Å². The third-order valence-electron chi connectivity index (χ3n) is 4.83. The van der Waals surface area contributed by atoms with Crippen LogP contribution in [-0.2, 0) is 0 Å². The number of anilines is 1. The summed E-state index contributed by atoms with van der Waals surface area (Å²) in [6, 6.07) is 33.5. The molecule has 0 radical (unpaired) electrons. The van der Waals surface area contributed by atoms with E-state index in [9.17, 15) is 0 Å². The molecule has 0 bridgehead atoms. The fourth-order valence-electron chi connectivity index (χ4n) is 3.60. The van der Waals surface area contributed by atoms with Crippen LogP contribution in [0.2, 0.25) is 0 Å². The van der Waals surface area contributed by atoms with Gasteiger partial charge in [0.25, 0.3) is 0 Å². The molecule has 1 nitrogen and oxygen atoms in total. The predicted octanol–water partition coefficient (Wildman–Crippen LogP) is 6.58. The first-order valence-electron chi connectivity index (χ1n) is 8.85. The first-order valence-corrected chi connectivity index (χ1v) is 8.85. The van der Waals surface area contributed by atoms with Gasteiger partial charge in [-0.05, 0) is 46.4 Å². The molecule has 0 aromatic heterocycles. The average molecular weight is 335 g/mol. The minimum absolute atomic E-state index is 0.805. The van der Waals surface area contributed by atoms with Crippen molar-refractivity contribution in [2.24, 2.45) is 0 Å². The zero-order valence-electron chi connectivity index (χ0n) is 14.8. The number of benzene rings is 4. The fourth-order valence-corrected chi connectivity index (χ4v) is 3.60. The van der Waals surface area contributed by atoms with Crippen molar-refractivity contribution in [3.05, 3.63) is 103 Å². The maximum Gasteiger partial charge on any atom is 0.0406 e. The molecular weight excluding hydrogens is 314 g/mol. The Kier molecular flexibility index (Phi) is 4.28. The second-order valence-corrected chi connectivity index (χ2v) is 6.49. The Balaban J connectivity index is 2.06. The summed E-state index contributed by atoms with van der Waals surface area (Å²) >= 11 is 0. The SMILES string of the molecule is Cc1c(-c2ccccc2)cc(N)c(-c2ccccc2)c1-c1ccccc1. The Labute approximate surface area is 154 Å². The standard InChI is InChI=1S/C25H21N/c1-18-22(19-11-5-2-6-12-19)17-23(26)25(21-15-9-4-10-16-21)24(18)20-13-7-3-8-14-20/h2-17H,26H2,1H3. The first-order chi connectivity index (χ1) is 12.8. The highest BCUT2D eigenvalue weighted by Crippen LogP contribution is 2.43. The summed E-state index contributed by atoms with van der Waals surface area (Å²) in [7, 11) is 0. The van der Waals surface area contributed by atoms with Gasteiger partial charge in [-0.1, -0.05) is 91.0 Å². The molecule has 2 N–H and O–H groups in total. The number of hydrogen-bond donors (Lipinski definition) is 1. The van der Waals surface area contributed by atoms with Crippen LogP contribution in [0.5, 0.6) is 0 Å². The van der Waals surface area contributed by atoms with Crippen molar-refractivity contribution in [2.45, 2.75) is 6.92 Å². The van der Waals surface area contributed by atoms with E-state index in [1.807, 2.05) is 18.2 Å². The second kappa shape index (κ2) is 6.89. The van der Waals surface area contributed by atoms with Crippen LogP contribution in [0.4, 0.5) is 5.69 Å². The van der Waals surface area contributed by atoms with Crippen LogP contribution < -0.4 is 5.73 Å². The van der Waals surface area contributed by atoms with E-state index in [0.29, 0.717) is 0 Å². The molecule has 126 valence electrons. The van der Waals surface area contributed by atoms with Crippen molar-refractivity contribution in [3.63, 3.8) is 0 Å². The molecule has 4 aromatic carbocycles. The molecule has 0 aliphatic rings. The zero-order chi connectivity index (χ0) is 17.9. The highest BCUT2D eigenvalue weighted by Gasteiger charge is 2.17. The van der Waals surface area contributed by atoms with Crippen LogP contribution in [0, 0.1) is 6.92 Å². The Bertz CT molecular complexity index is 1020. The number of nitrogens with two attached hydrogens (primary N) is 1. The highest BCUT2D eigenvalue weighted by atomic mass is 14.6. The summed E-state index contributed by atoms with van der Waals surface area (Å²) in [4.78, 5) is 0. The zero-order valence-corrected chi connectivity index (χ0v) is 14.8. The molecule has 26 heavy (non-hydrogen) atoms. The molecule has 0 aliphatic carbocycles. The van der Waals surface area contributed by atoms with Crippen LogP contribution in [0.25, 0.3) is 33.4 Å². The van der Waals surface area contributed by atoms with Crippen LogP contribution in [0.1, 0.15) is 5.56 Å². The number of hydrogen-bond acceptors (Lipinski definition) is 1. The van der Waals surface area contributed by atoms with Gasteiger partial charge in [0, 0.05) is 11.3 Å². The van der Waals surface area contributed by atoms with Gasteiger partial charge >= 0.3 is 0 Å². The minimum Gasteiger partial charge on any atom is -0.398 e. The van der Waals surface area contributed by atoms with Crippen LogP contribution in [-0.4, -0.2) is 0 Å². The smallest absolute Gasteiger partial charge is 0.0406 e. The quantitative estimate of drug-likeness (QED) is 0.421. The molecular formula is C25H21N. The van der Waals surface area contributed by atoms with Crippen molar-refractivity contribution >= 4 is 5.69 Å². The average Bonchev–Trinajstić information content (AvgIpc) is 2.71. The second-order valence-electron chi connectivity index (χ2n) is 6.49. The van der Waals surface area contributed by atoms with Crippen molar-refractivity contribution in [3.8, 4) is 33.4 Å². The molecule has 0 spiro atoms. The first kappa shape index (κ1) is 16.2. The minimum atomic E-state index is 0.805.